The Labute approximate surface area is 142 Å². The van der Waals surface area contributed by atoms with Crippen LogP contribution >= 0.6 is 0 Å². The molecule has 5 nitrogen and oxygen atoms in total. The van der Waals surface area contributed by atoms with Crippen molar-refractivity contribution in [2.45, 2.75) is 25.9 Å². The van der Waals surface area contributed by atoms with Gasteiger partial charge in [0.2, 0.25) is 5.91 Å². The van der Waals surface area contributed by atoms with Crippen LogP contribution in [-0.4, -0.2) is 44.9 Å². The second-order valence-electron chi connectivity index (χ2n) is 7.19. The van der Waals surface area contributed by atoms with E-state index in [1.165, 1.54) is 5.69 Å². The molecule has 4 heterocycles. The average Bonchev–Trinajstić information content (AvgIpc) is 3.27. The number of aromatic nitrogens is 2. The Morgan fingerprint density at radius 3 is 2.79 bits per heavy atom. The summed E-state index contributed by atoms with van der Waals surface area (Å²) in [6, 6.07) is 8.22. The lowest BCUT2D eigenvalue weighted by Crippen LogP contribution is -2.36. The zero-order valence-electron chi connectivity index (χ0n) is 14.2. The van der Waals surface area contributed by atoms with Gasteiger partial charge in [0.15, 0.2) is 0 Å². The van der Waals surface area contributed by atoms with Crippen LogP contribution in [0.1, 0.15) is 24.1 Å². The predicted octanol–water partition coefficient (Wildman–Crippen LogP) is 2.04. The lowest BCUT2D eigenvalue weighted by molar-refractivity contribution is -0.136. The van der Waals surface area contributed by atoms with E-state index in [1.807, 2.05) is 23.2 Å². The van der Waals surface area contributed by atoms with Gasteiger partial charge in [-0.2, -0.15) is 0 Å². The minimum absolute atomic E-state index is 0.159. The molecular weight excluding hydrogens is 300 g/mol. The SMILES string of the molecule is Cn1cccc1CN1CC[C@@]2(CCN(Cc3cccnc3)C2=O)C1. The summed E-state index contributed by atoms with van der Waals surface area (Å²) in [5, 5.41) is 0. The van der Waals surface area contributed by atoms with Crippen LogP contribution in [-0.2, 0) is 24.9 Å². The maximum Gasteiger partial charge on any atom is 0.230 e. The summed E-state index contributed by atoms with van der Waals surface area (Å²) in [6.45, 7) is 4.39. The van der Waals surface area contributed by atoms with E-state index in [0.717, 1.165) is 44.6 Å². The Morgan fingerprint density at radius 2 is 2.04 bits per heavy atom. The van der Waals surface area contributed by atoms with Crippen molar-refractivity contribution in [2.75, 3.05) is 19.6 Å². The lowest BCUT2D eigenvalue weighted by atomic mass is 9.85. The Hall–Kier alpha value is -2.14. The van der Waals surface area contributed by atoms with Crippen molar-refractivity contribution in [2.24, 2.45) is 12.5 Å². The summed E-state index contributed by atoms with van der Waals surface area (Å²) in [4.78, 5) is 21.6. The van der Waals surface area contributed by atoms with E-state index in [9.17, 15) is 4.79 Å². The van der Waals surface area contributed by atoms with E-state index < -0.39 is 0 Å². The number of carbonyl (C=O) groups excluding carboxylic acids is 1. The van der Waals surface area contributed by atoms with E-state index in [1.54, 1.807) is 6.20 Å². The van der Waals surface area contributed by atoms with Crippen LogP contribution in [0.4, 0.5) is 0 Å². The highest BCUT2D eigenvalue weighted by Gasteiger charge is 2.50. The van der Waals surface area contributed by atoms with Crippen LogP contribution in [0.15, 0.2) is 42.9 Å². The Kier molecular flexibility index (Phi) is 3.88. The van der Waals surface area contributed by atoms with E-state index >= 15 is 0 Å². The maximum atomic E-state index is 13.0. The standard InChI is InChI=1S/C19H24N4O/c1-21-9-3-5-17(21)14-22-10-6-19(15-22)7-11-23(18(19)24)13-16-4-2-8-20-12-16/h2-5,8-9,12H,6-7,10-11,13-15H2,1H3/t19-/m1/s1. The summed E-state index contributed by atoms with van der Waals surface area (Å²) in [5.41, 5.74) is 2.26. The first kappa shape index (κ1) is 15.4. The highest BCUT2D eigenvalue weighted by molar-refractivity contribution is 5.85. The van der Waals surface area contributed by atoms with Crippen LogP contribution in [0.3, 0.4) is 0 Å². The zero-order valence-corrected chi connectivity index (χ0v) is 14.2. The summed E-state index contributed by atoms with van der Waals surface area (Å²) < 4.78 is 2.16. The fourth-order valence-electron chi connectivity index (χ4n) is 4.12. The van der Waals surface area contributed by atoms with Gasteiger partial charge < -0.3 is 9.47 Å². The van der Waals surface area contributed by atoms with Crippen molar-refractivity contribution in [1.82, 2.24) is 19.4 Å². The molecule has 1 atom stereocenters. The van der Waals surface area contributed by atoms with Gasteiger partial charge in [0.1, 0.15) is 0 Å². The molecule has 0 radical (unpaired) electrons. The van der Waals surface area contributed by atoms with Crippen molar-refractivity contribution in [3.63, 3.8) is 0 Å². The summed E-state index contributed by atoms with van der Waals surface area (Å²) in [6.07, 6.45) is 7.68. The third-order valence-electron chi connectivity index (χ3n) is 5.57. The highest BCUT2D eigenvalue weighted by Crippen LogP contribution is 2.41. The summed E-state index contributed by atoms with van der Waals surface area (Å²) in [5.74, 6) is 0.334. The van der Waals surface area contributed by atoms with Gasteiger partial charge in [-0.15, -0.1) is 0 Å². The van der Waals surface area contributed by atoms with Gasteiger partial charge in [0.05, 0.1) is 5.41 Å². The van der Waals surface area contributed by atoms with Crippen LogP contribution in [0.2, 0.25) is 0 Å². The minimum Gasteiger partial charge on any atom is -0.353 e. The van der Waals surface area contributed by atoms with Crippen LogP contribution in [0, 0.1) is 5.41 Å². The normalized spacial score (nSPS) is 24.4. The molecule has 0 unspecified atom stereocenters. The van der Waals surface area contributed by atoms with Gasteiger partial charge in [0.25, 0.3) is 0 Å². The number of hydrogen-bond acceptors (Lipinski definition) is 3. The Balaban J connectivity index is 1.41. The summed E-state index contributed by atoms with van der Waals surface area (Å²) in [7, 11) is 2.08. The molecule has 1 amide bonds. The molecule has 2 aromatic rings. The molecule has 0 saturated carbocycles. The molecule has 24 heavy (non-hydrogen) atoms. The maximum absolute atomic E-state index is 13.0. The second-order valence-corrected chi connectivity index (χ2v) is 7.19. The van der Waals surface area contributed by atoms with E-state index in [2.05, 4.69) is 39.8 Å². The quantitative estimate of drug-likeness (QED) is 0.864. The van der Waals surface area contributed by atoms with Crippen molar-refractivity contribution in [3.05, 3.63) is 54.1 Å². The second kappa shape index (κ2) is 6.06. The first-order valence-corrected chi connectivity index (χ1v) is 8.67. The monoisotopic (exact) mass is 324 g/mol. The molecule has 0 N–H and O–H groups in total. The smallest absolute Gasteiger partial charge is 0.230 e. The zero-order chi connectivity index (χ0) is 16.6. The van der Waals surface area contributed by atoms with Crippen molar-refractivity contribution in [1.29, 1.82) is 0 Å². The van der Waals surface area contributed by atoms with Crippen molar-refractivity contribution in [3.8, 4) is 0 Å². The molecule has 2 aromatic heterocycles. The molecule has 126 valence electrons. The molecule has 0 aliphatic carbocycles. The number of nitrogens with zero attached hydrogens (tertiary/aromatic N) is 4. The average molecular weight is 324 g/mol. The van der Waals surface area contributed by atoms with Gasteiger partial charge >= 0.3 is 0 Å². The summed E-state index contributed by atoms with van der Waals surface area (Å²) >= 11 is 0. The fraction of sp³-hybridized carbons (Fsp3) is 0.474. The molecule has 2 aliphatic rings. The molecule has 5 heteroatoms. The molecular formula is C19H24N4O. The van der Waals surface area contributed by atoms with Crippen LogP contribution in [0.25, 0.3) is 0 Å². The van der Waals surface area contributed by atoms with Crippen molar-refractivity contribution >= 4 is 5.91 Å². The molecule has 2 saturated heterocycles. The third kappa shape index (κ3) is 2.73. The fourth-order valence-corrected chi connectivity index (χ4v) is 4.12. The number of pyridine rings is 1. The van der Waals surface area contributed by atoms with Crippen LogP contribution < -0.4 is 0 Å². The first-order valence-electron chi connectivity index (χ1n) is 8.67. The topological polar surface area (TPSA) is 41.4 Å². The van der Waals surface area contributed by atoms with Gasteiger partial charge in [-0.3, -0.25) is 14.7 Å². The molecule has 0 bridgehead atoms. The largest absolute Gasteiger partial charge is 0.353 e. The third-order valence-corrected chi connectivity index (χ3v) is 5.57. The number of rotatable bonds is 4. The molecule has 4 rings (SSSR count). The van der Waals surface area contributed by atoms with Gasteiger partial charge in [-0.1, -0.05) is 6.07 Å². The van der Waals surface area contributed by atoms with Crippen LogP contribution in [0.5, 0.6) is 0 Å². The molecule has 2 fully saturated rings. The number of carbonyl (C=O) groups is 1. The lowest BCUT2D eigenvalue weighted by Gasteiger charge is -2.24. The van der Waals surface area contributed by atoms with E-state index in [4.69, 9.17) is 0 Å². The Morgan fingerprint density at radius 1 is 1.17 bits per heavy atom. The van der Waals surface area contributed by atoms with Crippen molar-refractivity contribution < 1.29 is 4.79 Å². The van der Waals surface area contributed by atoms with E-state index in [-0.39, 0.29) is 5.41 Å². The number of hydrogen-bond donors (Lipinski definition) is 0. The molecule has 0 aromatic carbocycles. The Bertz CT molecular complexity index is 726. The minimum atomic E-state index is -0.159. The highest BCUT2D eigenvalue weighted by atomic mass is 16.2. The number of likely N-dealkylation sites (tertiary alicyclic amines) is 2. The first-order chi connectivity index (χ1) is 11.7. The van der Waals surface area contributed by atoms with E-state index in [0.29, 0.717) is 12.5 Å². The predicted molar refractivity (Wildman–Crippen MR) is 92.0 cm³/mol. The van der Waals surface area contributed by atoms with Gasteiger partial charge in [0, 0.05) is 57.5 Å². The molecule has 2 aliphatic heterocycles. The molecule has 1 spiro atoms. The number of amides is 1. The van der Waals surface area contributed by atoms with Gasteiger partial charge in [-0.25, -0.2) is 0 Å². The number of aryl methyl sites for hydroxylation is 1. The van der Waals surface area contributed by atoms with Gasteiger partial charge in [-0.05, 0) is 43.1 Å².